The minimum Gasteiger partial charge on any atom is -0.207 e. The molecule has 0 saturated heterocycles. The van der Waals surface area contributed by atoms with Crippen molar-refractivity contribution in [1.82, 2.24) is 4.31 Å². The van der Waals surface area contributed by atoms with E-state index in [1.165, 1.54) is 4.31 Å². The van der Waals surface area contributed by atoms with Crippen molar-refractivity contribution < 1.29 is 8.42 Å². The van der Waals surface area contributed by atoms with Gasteiger partial charge in [-0.3, -0.25) is 0 Å². The Labute approximate surface area is 107 Å². The first-order valence-electron chi connectivity index (χ1n) is 4.26. The average molecular weight is 357 g/mol. The van der Waals surface area contributed by atoms with Crippen LogP contribution in [0.1, 0.15) is 0 Å². The maximum atomic E-state index is 12.0. The van der Waals surface area contributed by atoms with Crippen LogP contribution in [0.3, 0.4) is 0 Å². The van der Waals surface area contributed by atoms with Gasteiger partial charge in [-0.2, -0.15) is 0 Å². The highest BCUT2D eigenvalue weighted by Gasteiger charge is 2.19. The van der Waals surface area contributed by atoms with Gasteiger partial charge >= 0.3 is 0 Å². The summed E-state index contributed by atoms with van der Waals surface area (Å²) >= 11 is 6.46. The van der Waals surface area contributed by atoms with Crippen LogP contribution in [0.2, 0.25) is 0 Å². The van der Waals surface area contributed by atoms with E-state index >= 15 is 0 Å². The van der Waals surface area contributed by atoms with Gasteiger partial charge in [0.25, 0.3) is 0 Å². The van der Waals surface area contributed by atoms with E-state index in [2.05, 4.69) is 31.9 Å². The molecule has 15 heavy (non-hydrogen) atoms. The van der Waals surface area contributed by atoms with E-state index < -0.39 is 10.0 Å². The molecule has 0 heterocycles. The smallest absolute Gasteiger partial charge is 0.207 e. The van der Waals surface area contributed by atoms with E-state index in [-0.39, 0.29) is 0 Å². The molecular formula is C9H11Br2NO2S. The second-order valence-corrected chi connectivity index (χ2v) is 6.73. The number of rotatable bonds is 4. The van der Waals surface area contributed by atoms with Crippen molar-refractivity contribution in [2.24, 2.45) is 0 Å². The quantitative estimate of drug-likeness (QED) is 0.777. The predicted molar refractivity (Wildman–Crippen MR) is 67.8 cm³/mol. The molecule has 1 rings (SSSR count). The molecule has 3 nitrogen and oxygen atoms in total. The molecule has 1 aromatic carbocycles. The number of alkyl halides is 1. The second kappa shape index (κ2) is 5.43. The van der Waals surface area contributed by atoms with E-state index in [4.69, 9.17) is 0 Å². The summed E-state index contributed by atoms with van der Waals surface area (Å²) < 4.78 is 26.0. The summed E-state index contributed by atoms with van der Waals surface area (Å²) in [6.45, 7) is 0.453. The van der Waals surface area contributed by atoms with Crippen LogP contribution in [0, 0.1) is 0 Å². The summed E-state index contributed by atoms with van der Waals surface area (Å²) in [5, 5.41) is 0.622. The third kappa shape index (κ3) is 3.27. The van der Waals surface area contributed by atoms with Crippen LogP contribution >= 0.6 is 31.9 Å². The highest BCUT2D eigenvalue weighted by molar-refractivity contribution is 9.10. The number of sulfonamides is 1. The van der Waals surface area contributed by atoms with Crippen molar-refractivity contribution in [2.45, 2.75) is 4.90 Å². The van der Waals surface area contributed by atoms with E-state index in [1.54, 1.807) is 31.3 Å². The minimum absolute atomic E-state index is 0.306. The highest BCUT2D eigenvalue weighted by Crippen LogP contribution is 2.18. The molecule has 0 atom stereocenters. The molecule has 0 aliphatic carbocycles. The molecule has 6 heteroatoms. The van der Waals surface area contributed by atoms with Gasteiger partial charge < -0.3 is 0 Å². The maximum absolute atomic E-state index is 12.0. The molecule has 0 fully saturated rings. The van der Waals surface area contributed by atoms with E-state index in [0.717, 1.165) is 4.47 Å². The molecule has 0 aromatic heterocycles. The fourth-order valence-electron chi connectivity index (χ4n) is 1.05. The number of hydrogen-bond donors (Lipinski definition) is 0. The molecule has 0 aliphatic rings. The number of nitrogens with zero attached hydrogens (tertiary/aromatic N) is 1. The molecule has 0 amide bonds. The summed E-state index contributed by atoms with van der Waals surface area (Å²) in [7, 11) is -1.78. The van der Waals surface area contributed by atoms with Crippen LogP contribution in [0.15, 0.2) is 33.6 Å². The molecule has 0 unspecified atom stereocenters. The van der Waals surface area contributed by atoms with Gasteiger partial charge in [0.15, 0.2) is 0 Å². The first kappa shape index (κ1) is 13.2. The lowest BCUT2D eigenvalue weighted by Gasteiger charge is -2.15. The molecule has 0 aliphatic heterocycles. The van der Waals surface area contributed by atoms with Crippen molar-refractivity contribution in [2.75, 3.05) is 18.9 Å². The number of halogens is 2. The number of benzene rings is 1. The third-order valence-corrected chi connectivity index (χ3v) is 4.60. The maximum Gasteiger partial charge on any atom is 0.242 e. The van der Waals surface area contributed by atoms with Crippen LogP contribution in [-0.4, -0.2) is 31.6 Å². The largest absolute Gasteiger partial charge is 0.242 e. The monoisotopic (exact) mass is 355 g/mol. The minimum atomic E-state index is -3.35. The molecule has 0 radical (unpaired) electrons. The Morgan fingerprint density at radius 1 is 1.40 bits per heavy atom. The van der Waals surface area contributed by atoms with Gasteiger partial charge in [0.2, 0.25) is 10.0 Å². The van der Waals surface area contributed by atoms with E-state index in [9.17, 15) is 8.42 Å². The SMILES string of the molecule is CN(CCBr)S(=O)(=O)c1cccc(Br)c1. The number of hydrogen-bond acceptors (Lipinski definition) is 2. The van der Waals surface area contributed by atoms with Gasteiger partial charge in [0.05, 0.1) is 4.90 Å². The van der Waals surface area contributed by atoms with E-state index in [0.29, 0.717) is 16.8 Å². The first-order valence-corrected chi connectivity index (χ1v) is 7.62. The summed E-state index contributed by atoms with van der Waals surface area (Å²) in [4.78, 5) is 0.306. The van der Waals surface area contributed by atoms with Gasteiger partial charge in [-0.25, -0.2) is 12.7 Å². The molecular weight excluding hydrogens is 346 g/mol. The van der Waals surface area contributed by atoms with Crippen molar-refractivity contribution in [3.05, 3.63) is 28.7 Å². The fourth-order valence-corrected chi connectivity index (χ4v) is 3.58. The lowest BCUT2D eigenvalue weighted by Crippen LogP contribution is -2.28. The lowest BCUT2D eigenvalue weighted by atomic mass is 10.4. The first-order chi connectivity index (χ1) is 6.98. The van der Waals surface area contributed by atoms with Crippen molar-refractivity contribution >= 4 is 41.9 Å². The lowest BCUT2D eigenvalue weighted by molar-refractivity contribution is 0.489. The Morgan fingerprint density at radius 3 is 2.60 bits per heavy atom. The van der Waals surface area contributed by atoms with Gasteiger partial charge in [-0.1, -0.05) is 37.9 Å². The van der Waals surface area contributed by atoms with Crippen molar-refractivity contribution in [1.29, 1.82) is 0 Å². The van der Waals surface area contributed by atoms with E-state index in [1.807, 2.05) is 0 Å². The zero-order valence-corrected chi connectivity index (χ0v) is 12.1. The standard InChI is InChI=1S/C9H11Br2NO2S/c1-12(6-5-10)15(13,14)9-4-2-3-8(11)7-9/h2-4,7H,5-6H2,1H3. The van der Waals surface area contributed by atoms with Crippen LogP contribution in [0.4, 0.5) is 0 Å². The van der Waals surface area contributed by atoms with Crippen molar-refractivity contribution in [3.8, 4) is 0 Å². The topological polar surface area (TPSA) is 37.4 Å². The van der Waals surface area contributed by atoms with Crippen LogP contribution < -0.4 is 0 Å². The van der Waals surface area contributed by atoms with Gasteiger partial charge in [0, 0.05) is 23.4 Å². The second-order valence-electron chi connectivity index (χ2n) is 2.97. The van der Waals surface area contributed by atoms with Crippen LogP contribution in [0.25, 0.3) is 0 Å². The molecule has 0 saturated carbocycles. The zero-order valence-electron chi connectivity index (χ0n) is 8.15. The molecule has 0 bridgehead atoms. The Kier molecular flexibility index (Phi) is 4.76. The van der Waals surface area contributed by atoms with Gasteiger partial charge in [-0.15, -0.1) is 0 Å². The van der Waals surface area contributed by atoms with Crippen LogP contribution in [0.5, 0.6) is 0 Å². The average Bonchev–Trinajstić information content (AvgIpc) is 2.18. The Morgan fingerprint density at radius 2 is 2.07 bits per heavy atom. The zero-order chi connectivity index (χ0) is 11.5. The highest BCUT2D eigenvalue weighted by atomic mass is 79.9. The molecule has 0 spiro atoms. The van der Waals surface area contributed by atoms with Crippen LogP contribution in [-0.2, 0) is 10.0 Å². The Hall–Kier alpha value is 0.0900. The summed E-state index contributed by atoms with van der Waals surface area (Å²) in [5.41, 5.74) is 0. The molecule has 84 valence electrons. The summed E-state index contributed by atoms with van der Waals surface area (Å²) in [5.74, 6) is 0. The predicted octanol–water partition coefficient (Wildman–Crippen LogP) is 2.46. The molecule has 0 N–H and O–H groups in total. The summed E-state index contributed by atoms with van der Waals surface area (Å²) in [6, 6.07) is 6.69. The van der Waals surface area contributed by atoms with Gasteiger partial charge in [0.1, 0.15) is 0 Å². The third-order valence-electron chi connectivity index (χ3n) is 1.90. The van der Waals surface area contributed by atoms with Gasteiger partial charge in [-0.05, 0) is 18.2 Å². The Bertz CT molecular complexity index is 433. The van der Waals surface area contributed by atoms with Crippen molar-refractivity contribution in [3.63, 3.8) is 0 Å². The Balaban J connectivity index is 3.06. The molecule has 1 aromatic rings. The summed E-state index contributed by atoms with van der Waals surface area (Å²) in [6.07, 6.45) is 0. The normalized spacial score (nSPS) is 12.0. The fraction of sp³-hybridized carbons (Fsp3) is 0.333.